The van der Waals surface area contributed by atoms with E-state index in [2.05, 4.69) is 0 Å². The minimum atomic E-state index is -0.0859. The van der Waals surface area contributed by atoms with Crippen molar-refractivity contribution in [1.82, 2.24) is 4.90 Å². The van der Waals surface area contributed by atoms with Gasteiger partial charge in [-0.15, -0.1) is 0 Å². The Morgan fingerprint density at radius 1 is 1.33 bits per heavy atom. The minimum Gasteiger partial charge on any atom is -0.496 e. The molecule has 98 valence electrons. The second kappa shape index (κ2) is 5.27. The van der Waals surface area contributed by atoms with Gasteiger partial charge in [-0.25, -0.2) is 0 Å². The first kappa shape index (κ1) is 12.7. The van der Waals surface area contributed by atoms with Crippen molar-refractivity contribution in [3.8, 4) is 11.5 Å². The van der Waals surface area contributed by atoms with Gasteiger partial charge in [0.1, 0.15) is 17.1 Å². The minimum absolute atomic E-state index is 0.0645. The fraction of sp³-hybridized carbons (Fsp3) is 0.462. The van der Waals surface area contributed by atoms with Crippen LogP contribution in [-0.2, 0) is 0 Å². The van der Waals surface area contributed by atoms with Crippen LogP contribution in [0.5, 0.6) is 11.5 Å². The number of rotatable bonds is 3. The van der Waals surface area contributed by atoms with Crippen LogP contribution < -0.4 is 15.2 Å². The Hall–Kier alpha value is -1.75. The molecule has 0 bridgehead atoms. The first-order valence-corrected chi connectivity index (χ1v) is 5.93. The van der Waals surface area contributed by atoms with Gasteiger partial charge < -0.3 is 20.1 Å². The fourth-order valence-corrected chi connectivity index (χ4v) is 2.19. The summed E-state index contributed by atoms with van der Waals surface area (Å²) in [5, 5.41) is 0. The Kier molecular flexibility index (Phi) is 3.72. The zero-order valence-electron chi connectivity index (χ0n) is 10.7. The molecular weight excluding hydrogens is 232 g/mol. The molecule has 5 heteroatoms. The topological polar surface area (TPSA) is 64.8 Å². The Morgan fingerprint density at radius 2 is 1.94 bits per heavy atom. The van der Waals surface area contributed by atoms with Crippen LogP contribution in [-0.4, -0.2) is 44.2 Å². The lowest BCUT2D eigenvalue weighted by Gasteiger charge is -2.19. The van der Waals surface area contributed by atoms with Crippen molar-refractivity contribution < 1.29 is 14.3 Å². The van der Waals surface area contributed by atoms with Crippen molar-refractivity contribution in [1.29, 1.82) is 0 Å². The number of hydrogen-bond donors (Lipinski definition) is 1. The third-order valence-corrected chi connectivity index (χ3v) is 3.15. The van der Waals surface area contributed by atoms with Crippen LogP contribution in [0.3, 0.4) is 0 Å². The third kappa shape index (κ3) is 2.26. The number of nitrogens with two attached hydrogens (primary N) is 1. The number of nitrogens with zero attached hydrogens (tertiary/aromatic N) is 1. The first-order chi connectivity index (χ1) is 8.67. The maximum Gasteiger partial charge on any atom is 0.261 e. The van der Waals surface area contributed by atoms with Gasteiger partial charge in [0.15, 0.2) is 0 Å². The number of methoxy groups -OCH3 is 2. The lowest BCUT2D eigenvalue weighted by molar-refractivity contribution is 0.0784. The van der Waals surface area contributed by atoms with Crippen LogP contribution in [0.25, 0.3) is 0 Å². The molecule has 0 spiro atoms. The van der Waals surface area contributed by atoms with Crippen molar-refractivity contribution in [2.24, 2.45) is 5.73 Å². The zero-order chi connectivity index (χ0) is 13.1. The molecule has 1 heterocycles. The molecule has 2 rings (SSSR count). The van der Waals surface area contributed by atoms with Crippen LogP contribution in [0.1, 0.15) is 16.8 Å². The first-order valence-electron chi connectivity index (χ1n) is 5.93. The molecule has 2 N–H and O–H groups in total. The standard InChI is InChI=1S/C13H18N2O3/c1-17-10-4-3-5-11(18-2)12(10)13(16)15-7-6-9(14)8-15/h3-5,9H,6-8,14H2,1-2H3. The molecule has 18 heavy (non-hydrogen) atoms. The van der Waals surface area contributed by atoms with Gasteiger partial charge in [0.25, 0.3) is 5.91 Å². The van der Waals surface area contributed by atoms with E-state index in [1.54, 1.807) is 37.3 Å². The van der Waals surface area contributed by atoms with Crippen LogP contribution in [0, 0.1) is 0 Å². The number of benzene rings is 1. The summed E-state index contributed by atoms with van der Waals surface area (Å²) in [5.74, 6) is 0.969. The van der Waals surface area contributed by atoms with Crippen LogP contribution in [0.2, 0.25) is 0 Å². The highest BCUT2D eigenvalue weighted by Crippen LogP contribution is 2.30. The SMILES string of the molecule is COc1cccc(OC)c1C(=O)N1CCC(N)C1. The number of carbonyl (C=O) groups excluding carboxylic acids is 1. The maximum atomic E-state index is 12.5. The van der Waals surface area contributed by atoms with E-state index >= 15 is 0 Å². The molecule has 1 saturated heterocycles. The van der Waals surface area contributed by atoms with E-state index in [9.17, 15) is 4.79 Å². The van der Waals surface area contributed by atoms with E-state index in [0.29, 0.717) is 30.2 Å². The molecule has 1 aromatic carbocycles. The number of carbonyl (C=O) groups is 1. The molecule has 1 fully saturated rings. The van der Waals surface area contributed by atoms with Gasteiger partial charge >= 0.3 is 0 Å². The number of hydrogen-bond acceptors (Lipinski definition) is 4. The monoisotopic (exact) mass is 250 g/mol. The predicted octanol–water partition coefficient (Wildman–Crippen LogP) is 0.877. The normalized spacial score (nSPS) is 18.8. The summed E-state index contributed by atoms with van der Waals surface area (Å²) in [6.45, 7) is 1.27. The molecular formula is C13H18N2O3. The molecule has 5 nitrogen and oxygen atoms in total. The van der Waals surface area contributed by atoms with Gasteiger partial charge in [-0.3, -0.25) is 4.79 Å². The number of ether oxygens (including phenoxy) is 2. The van der Waals surface area contributed by atoms with Crippen LogP contribution in [0.15, 0.2) is 18.2 Å². The summed E-state index contributed by atoms with van der Waals surface area (Å²) in [6.07, 6.45) is 0.837. The van der Waals surface area contributed by atoms with E-state index in [-0.39, 0.29) is 11.9 Å². The summed E-state index contributed by atoms with van der Waals surface area (Å²) in [7, 11) is 3.09. The van der Waals surface area contributed by atoms with Crippen molar-refractivity contribution in [3.05, 3.63) is 23.8 Å². The Bertz CT molecular complexity index is 426. The van der Waals surface area contributed by atoms with E-state index in [4.69, 9.17) is 15.2 Å². The number of amides is 1. The van der Waals surface area contributed by atoms with Gasteiger partial charge in [-0.2, -0.15) is 0 Å². The van der Waals surface area contributed by atoms with Crippen molar-refractivity contribution >= 4 is 5.91 Å². The second-order valence-electron chi connectivity index (χ2n) is 4.34. The zero-order valence-corrected chi connectivity index (χ0v) is 10.7. The molecule has 1 amide bonds. The predicted molar refractivity (Wildman–Crippen MR) is 68.0 cm³/mol. The molecule has 1 aliphatic rings. The largest absolute Gasteiger partial charge is 0.496 e. The van der Waals surface area contributed by atoms with Gasteiger partial charge in [0.05, 0.1) is 14.2 Å². The third-order valence-electron chi connectivity index (χ3n) is 3.15. The average molecular weight is 250 g/mol. The van der Waals surface area contributed by atoms with E-state index in [0.717, 1.165) is 6.42 Å². The van der Waals surface area contributed by atoms with Crippen molar-refractivity contribution in [3.63, 3.8) is 0 Å². The lowest BCUT2D eigenvalue weighted by Crippen LogP contribution is -2.32. The Morgan fingerprint density at radius 3 is 2.39 bits per heavy atom. The molecule has 0 aromatic heterocycles. The smallest absolute Gasteiger partial charge is 0.261 e. The highest BCUT2D eigenvalue weighted by atomic mass is 16.5. The molecule has 1 unspecified atom stereocenters. The summed E-state index contributed by atoms with van der Waals surface area (Å²) < 4.78 is 10.5. The molecule has 1 aromatic rings. The second-order valence-corrected chi connectivity index (χ2v) is 4.34. The molecule has 1 aliphatic heterocycles. The van der Waals surface area contributed by atoms with Crippen molar-refractivity contribution in [2.45, 2.75) is 12.5 Å². The average Bonchev–Trinajstić information content (AvgIpc) is 2.83. The summed E-state index contributed by atoms with van der Waals surface area (Å²) in [4.78, 5) is 14.2. The Labute approximate surface area is 106 Å². The van der Waals surface area contributed by atoms with Crippen LogP contribution in [0.4, 0.5) is 0 Å². The maximum absolute atomic E-state index is 12.5. The van der Waals surface area contributed by atoms with Gasteiger partial charge in [-0.1, -0.05) is 6.07 Å². The van der Waals surface area contributed by atoms with Crippen molar-refractivity contribution in [2.75, 3.05) is 27.3 Å². The molecule has 0 aliphatic carbocycles. The summed E-state index contributed by atoms with van der Waals surface area (Å²) in [5.41, 5.74) is 6.29. The summed E-state index contributed by atoms with van der Waals surface area (Å²) in [6, 6.07) is 5.37. The molecule has 0 radical (unpaired) electrons. The number of likely N-dealkylation sites (tertiary alicyclic amines) is 1. The van der Waals surface area contributed by atoms with E-state index in [1.165, 1.54) is 0 Å². The quantitative estimate of drug-likeness (QED) is 0.864. The summed E-state index contributed by atoms with van der Waals surface area (Å²) >= 11 is 0. The lowest BCUT2D eigenvalue weighted by atomic mass is 10.1. The Balaban J connectivity index is 2.34. The van der Waals surface area contributed by atoms with Crippen LogP contribution >= 0.6 is 0 Å². The highest BCUT2D eigenvalue weighted by Gasteiger charge is 2.28. The van der Waals surface area contributed by atoms with E-state index in [1.807, 2.05) is 0 Å². The molecule has 0 saturated carbocycles. The highest BCUT2D eigenvalue weighted by molar-refractivity contribution is 5.99. The fourth-order valence-electron chi connectivity index (χ4n) is 2.19. The van der Waals surface area contributed by atoms with Gasteiger partial charge in [-0.05, 0) is 18.6 Å². The van der Waals surface area contributed by atoms with Gasteiger partial charge in [0.2, 0.25) is 0 Å². The van der Waals surface area contributed by atoms with Gasteiger partial charge in [0, 0.05) is 19.1 Å². The van der Waals surface area contributed by atoms with E-state index < -0.39 is 0 Å². The molecule has 1 atom stereocenters.